The van der Waals surface area contributed by atoms with Gasteiger partial charge < -0.3 is 19.2 Å². The molecular formula is C27H33NO4. The number of hydrogen-bond acceptors (Lipinski definition) is 5. The molecule has 1 unspecified atom stereocenters. The van der Waals surface area contributed by atoms with Crippen LogP contribution in [-0.4, -0.2) is 26.2 Å². The molecule has 5 nitrogen and oxygen atoms in total. The van der Waals surface area contributed by atoms with Crippen molar-refractivity contribution < 1.29 is 18.7 Å². The minimum absolute atomic E-state index is 0.141. The number of ether oxygens (including phenoxy) is 2. The van der Waals surface area contributed by atoms with E-state index in [1.54, 1.807) is 7.11 Å². The zero-order valence-corrected chi connectivity index (χ0v) is 19.4. The first kappa shape index (κ1) is 23.6. The second-order valence-corrected chi connectivity index (χ2v) is 8.04. The lowest BCUT2D eigenvalue weighted by molar-refractivity contribution is -0.140. The third-order valence-electron chi connectivity index (χ3n) is 5.75. The number of unbranched alkanes of at least 4 members (excludes halogenated alkanes) is 1. The van der Waals surface area contributed by atoms with Gasteiger partial charge in [-0.05, 0) is 44.4 Å². The van der Waals surface area contributed by atoms with Crippen molar-refractivity contribution in [1.82, 2.24) is 5.32 Å². The molecule has 3 aromatic rings. The highest BCUT2D eigenvalue weighted by Gasteiger charge is 2.21. The van der Waals surface area contributed by atoms with E-state index in [9.17, 15) is 4.79 Å². The Kier molecular flexibility index (Phi) is 8.51. The van der Waals surface area contributed by atoms with Gasteiger partial charge in [0.05, 0.1) is 14.2 Å². The van der Waals surface area contributed by atoms with Crippen molar-refractivity contribution in [2.75, 3.05) is 14.2 Å². The Labute approximate surface area is 190 Å². The molecule has 0 fully saturated rings. The first-order chi connectivity index (χ1) is 15.5. The van der Waals surface area contributed by atoms with Crippen LogP contribution in [0.25, 0.3) is 22.5 Å². The topological polar surface area (TPSA) is 60.7 Å². The van der Waals surface area contributed by atoms with Crippen molar-refractivity contribution in [2.45, 2.75) is 52.1 Å². The number of carbonyl (C=O) groups is 1. The minimum Gasteiger partial charge on any atom is -0.497 e. The molecule has 32 heavy (non-hydrogen) atoms. The maximum Gasteiger partial charge on any atom is 0.305 e. The van der Waals surface area contributed by atoms with Gasteiger partial charge in [0.15, 0.2) is 0 Å². The summed E-state index contributed by atoms with van der Waals surface area (Å²) in [6.45, 7) is 4.91. The van der Waals surface area contributed by atoms with Crippen LogP contribution in [0.2, 0.25) is 0 Å². The molecular weight excluding hydrogens is 402 g/mol. The average molecular weight is 436 g/mol. The third kappa shape index (κ3) is 6.01. The number of rotatable bonds is 11. The Hall–Kier alpha value is -3.05. The van der Waals surface area contributed by atoms with E-state index in [0.717, 1.165) is 58.8 Å². The summed E-state index contributed by atoms with van der Waals surface area (Å²) in [5.41, 5.74) is 4.43. The van der Waals surface area contributed by atoms with Crippen molar-refractivity contribution in [3.8, 4) is 28.2 Å². The lowest BCUT2D eigenvalue weighted by Gasteiger charge is -2.15. The molecule has 0 amide bonds. The van der Waals surface area contributed by atoms with Crippen LogP contribution in [0.5, 0.6) is 5.75 Å². The first-order valence-electron chi connectivity index (χ1n) is 11.2. The van der Waals surface area contributed by atoms with Gasteiger partial charge in [-0.3, -0.25) is 4.79 Å². The van der Waals surface area contributed by atoms with Gasteiger partial charge in [-0.15, -0.1) is 0 Å². The van der Waals surface area contributed by atoms with Gasteiger partial charge in [0, 0.05) is 35.7 Å². The van der Waals surface area contributed by atoms with Crippen molar-refractivity contribution in [1.29, 1.82) is 0 Å². The van der Waals surface area contributed by atoms with Gasteiger partial charge in [-0.25, -0.2) is 0 Å². The second kappa shape index (κ2) is 11.5. The van der Waals surface area contributed by atoms with E-state index >= 15 is 0 Å². The summed E-state index contributed by atoms with van der Waals surface area (Å²) in [6, 6.07) is 18.7. The Bertz CT molecular complexity index is 993. The van der Waals surface area contributed by atoms with E-state index in [4.69, 9.17) is 13.9 Å². The maximum absolute atomic E-state index is 11.3. The van der Waals surface area contributed by atoms with Gasteiger partial charge >= 0.3 is 5.97 Å². The normalized spacial score (nSPS) is 11.9. The van der Waals surface area contributed by atoms with E-state index in [1.165, 1.54) is 7.11 Å². The molecule has 1 heterocycles. The number of aryl methyl sites for hydroxylation is 1. The van der Waals surface area contributed by atoms with Crippen molar-refractivity contribution in [3.63, 3.8) is 0 Å². The fraction of sp³-hybridized carbons (Fsp3) is 0.370. The first-order valence-corrected chi connectivity index (χ1v) is 11.2. The largest absolute Gasteiger partial charge is 0.497 e. The van der Waals surface area contributed by atoms with Gasteiger partial charge in [-0.1, -0.05) is 48.9 Å². The number of carbonyl (C=O) groups excluding carboxylic acids is 1. The summed E-state index contributed by atoms with van der Waals surface area (Å²) in [7, 11) is 3.11. The number of benzene rings is 2. The van der Waals surface area contributed by atoms with Crippen LogP contribution in [0.4, 0.5) is 0 Å². The van der Waals surface area contributed by atoms with Crippen LogP contribution >= 0.6 is 0 Å². The molecule has 170 valence electrons. The van der Waals surface area contributed by atoms with Gasteiger partial charge in [0.1, 0.15) is 17.3 Å². The van der Waals surface area contributed by atoms with Crippen molar-refractivity contribution >= 4 is 5.97 Å². The molecule has 0 saturated carbocycles. The van der Waals surface area contributed by atoms with E-state index < -0.39 is 0 Å². The predicted octanol–water partition coefficient (Wildman–Crippen LogP) is 6.14. The molecule has 0 aliphatic carbocycles. The lowest BCUT2D eigenvalue weighted by Crippen LogP contribution is -2.25. The van der Waals surface area contributed by atoms with Gasteiger partial charge in [0.2, 0.25) is 0 Å². The molecule has 3 rings (SSSR count). The monoisotopic (exact) mass is 435 g/mol. The Morgan fingerprint density at radius 2 is 1.72 bits per heavy atom. The highest BCUT2D eigenvalue weighted by atomic mass is 16.5. The highest BCUT2D eigenvalue weighted by Crippen LogP contribution is 2.39. The molecule has 0 aliphatic heterocycles. The number of nitrogens with one attached hydrogen (secondary N) is 1. The zero-order valence-electron chi connectivity index (χ0n) is 19.4. The third-order valence-corrected chi connectivity index (χ3v) is 5.75. The highest BCUT2D eigenvalue weighted by molar-refractivity contribution is 5.83. The van der Waals surface area contributed by atoms with Crippen LogP contribution < -0.4 is 10.1 Å². The molecule has 1 atom stereocenters. The van der Waals surface area contributed by atoms with Crippen LogP contribution in [0.1, 0.15) is 43.9 Å². The lowest BCUT2D eigenvalue weighted by atomic mass is 9.96. The van der Waals surface area contributed by atoms with Crippen LogP contribution in [0.3, 0.4) is 0 Å². The average Bonchev–Trinajstić information content (AvgIpc) is 3.16. The molecule has 1 aromatic heterocycles. The standard InChI is InChI=1S/C27H33NO4/c1-19(10-8-9-13-25(29)31-4)28-18-24-20(2)32-27(22-11-6-5-7-12-22)26(24)21-14-16-23(30-3)17-15-21/h5-7,11-12,14-17,19,28H,8-10,13,18H2,1-4H3. The van der Waals surface area contributed by atoms with Crippen molar-refractivity contribution in [3.05, 3.63) is 65.9 Å². The molecule has 0 aliphatic rings. The van der Waals surface area contributed by atoms with Crippen LogP contribution in [0, 0.1) is 6.92 Å². The quantitative estimate of drug-likeness (QED) is 0.289. The Balaban J connectivity index is 1.79. The maximum atomic E-state index is 11.3. The van der Waals surface area contributed by atoms with E-state index in [0.29, 0.717) is 19.0 Å². The fourth-order valence-electron chi connectivity index (χ4n) is 3.85. The number of methoxy groups -OCH3 is 2. The summed E-state index contributed by atoms with van der Waals surface area (Å²) in [6.07, 6.45) is 3.30. The number of hydrogen-bond donors (Lipinski definition) is 1. The molecule has 0 radical (unpaired) electrons. The van der Waals surface area contributed by atoms with Gasteiger partial charge in [-0.2, -0.15) is 0 Å². The number of furan rings is 1. The van der Waals surface area contributed by atoms with E-state index in [-0.39, 0.29) is 5.97 Å². The minimum atomic E-state index is -0.141. The Morgan fingerprint density at radius 1 is 1.00 bits per heavy atom. The Morgan fingerprint density at radius 3 is 2.38 bits per heavy atom. The predicted molar refractivity (Wildman–Crippen MR) is 128 cm³/mol. The second-order valence-electron chi connectivity index (χ2n) is 8.04. The fourth-order valence-corrected chi connectivity index (χ4v) is 3.85. The summed E-state index contributed by atoms with van der Waals surface area (Å²) < 4.78 is 16.3. The summed E-state index contributed by atoms with van der Waals surface area (Å²) >= 11 is 0. The molecule has 1 N–H and O–H groups in total. The molecule has 0 spiro atoms. The number of esters is 1. The zero-order chi connectivity index (χ0) is 22.9. The van der Waals surface area contributed by atoms with Gasteiger partial charge in [0.25, 0.3) is 0 Å². The molecule has 5 heteroatoms. The van der Waals surface area contributed by atoms with Crippen LogP contribution in [-0.2, 0) is 16.1 Å². The van der Waals surface area contributed by atoms with Crippen molar-refractivity contribution in [2.24, 2.45) is 0 Å². The smallest absolute Gasteiger partial charge is 0.305 e. The molecule has 0 bridgehead atoms. The van der Waals surface area contributed by atoms with E-state index in [2.05, 4.69) is 36.5 Å². The SMILES string of the molecule is COC(=O)CCCCC(C)NCc1c(C)oc(-c2ccccc2)c1-c1ccc(OC)cc1. The summed E-state index contributed by atoms with van der Waals surface area (Å²) in [5.74, 6) is 2.49. The molecule has 2 aromatic carbocycles. The molecule has 0 saturated heterocycles. The summed E-state index contributed by atoms with van der Waals surface area (Å²) in [4.78, 5) is 11.3. The van der Waals surface area contributed by atoms with E-state index in [1.807, 2.05) is 37.3 Å². The van der Waals surface area contributed by atoms with Crippen LogP contribution in [0.15, 0.2) is 59.0 Å². The summed E-state index contributed by atoms with van der Waals surface area (Å²) in [5, 5.41) is 3.64.